The van der Waals surface area contributed by atoms with Crippen LogP contribution in [0.15, 0.2) is 30.5 Å². The van der Waals surface area contributed by atoms with Gasteiger partial charge in [0.05, 0.1) is 18.1 Å². The molecule has 2 aromatic rings. The summed E-state index contributed by atoms with van der Waals surface area (Å²) in [6.45, 7) is 0.508. The highest BCUT2D eigenvalue weighted by Crippen LogP contribution is 2.19. The maximum atomic E-state index is 5.43. The molecule has 2 rings (SSSR count). The molecule has 0 aliphatic carbocycles. The van der Waals surface area contributed by atoms with Gasteiger partial charge < -0.3 is 10.5 Å². The standard InChI is InChI=1S/C12H13N3O/c1-16-11-5-4-10-12(15-11)9(3-2-7-13)6-8-14-10/h2-6,8H,7,13H2,1H3/b3-2+. The third-order valence-electron chi connectivity index (χ3n) is 2.23. The molecule has 0 aromatic carbocycles. The number of hydrogen-bond donors (Lipinski definition) is 1. The van der Waals surface area contributed by atoms with E-state index in [0.717, 1.165) is 16.6 Å². The molecule has 0 bridgehead atoms. The first-order valence-electron chi connectivity index (χ1n) is 5.01. The Bertz CT molecular complexity index is 523. The summed E-state index contributed by atoms with van der Waals surface area (Å²) in [4.78, 5) is 8.61. The third-order valence-corrected chi connectivity index (χ3v) is 2.23. The zero-order valence-electron chi connectivity index (χ0n) is 9.05. The molecule has 0 saturated heterocycles. The third kappa shape index (κ3) is 2.01. The van der Waals surface area contributed by atoms with E-state index in [1.54, 1.807) is 19.4 Å². The van der Waals surface area contributed by atoms with Gasteiger partial charge in [-0.25, -0.2) is 4.98 Å². The smallest absolute Gasteiger partial charge is 0.213 e. The molecule has 82 valence electrons. The van der Waals surface area contributed by atoms with Crippen molar-refractivity contribution in [2.75, 3.05) is 13.7 Å². The number of hydrogen-bond acceptors (Lipinski definition) is 4. The maximum Gasteiger partial charge on any atom is 0.213 e. The van der Waals surface area contributed by atoms with E-state index >= 15 is 0 Å². The summed E-state index contributed by atoms with van der Waals surface area (Å²) >= 11 is 0. The van der Waals surface area contributed by atoms with Gasteiger partial charge in [-0.05, 0) is 12.1 Å². The molecule has 0 aliphatic rings. The van der Waals surface area contributed by atoms with E-state index in [-0.39, 0.29) is 0 Å². The summed E-state index contributed by atoms with van der Waals surface area (Å²) in [5.74, 6) is 0.586. The van der Waals surface area contributed by atoms with Gasteiger partial charge in [-0.2, -0.15) is 0 Å². The molecule has 0 aliphatic heterocycles. The quantitative estimate of drug-likeness (QED) is 0.845. The Balaban J connectivity index is 2.59. The van der Waals surface area contributed by atoms with E-state index in [4.69, 9.17) is 10.5 Å². The molecule has 0 spiro atoms. The van der Waals surface area contributed by atoms with Crippen molar-refractivity contribution < 1.29 is 4.74 Å². The number of methoxy groups -OCH3 is 1. The Labute approximate surface area is 93.8 Å². The fourth-order valence-corrected chi connectivity index (χ4v) is 1.47. The van der Waals surface area contributed by atoms with Gasteiger partial charge in [0.15, 0.2) is 0 Å². The van der Waals surface area contributed by atoms with Gasteiger partial charge in [0.2, 0.25) is 5.88 Å². The van der Waals surface area contributed by atoms with Gasteiger partial charge in [0, 0.05) is 24.4 Å². The monoisotopic (exact) mass is 215 g/mol. The number of ether oxygens (including phenoxy) is 1. The van der Waals surface area contributed by atoms with E-state index in [1.807, 2.05) is 24.3 Å². The molecular formula is C12H13N3O. The molecule has 2 aromatic heterocycles. The van der Waals surface area contributed by atoms with Crippen molar-refractivity contribution in [1.29, 1.82) is 0 Å². The van der Waals surface area contributed by atoms with Crippen LogP contribution in [0.5, 0.6) is 5.88 Å². The van der Waals surface area contributed by atoms with E-state index in [0.29, 0.717) is 12.4 Å². The largest absolute Gasteiger partial charge is 0.481 e. The van der Waals surface area contributed by atoms with E-state index < -0.39 is 0 Å². The Morgan fingerprint density at radius 2 is 2.25 bits per heavy atom. The Morgan fingerprint density at radius 1 is 1.38 bits per heavy atom. The zero-order valence-corrected chi connectivity index (χ0v) is 9.05. The molecule has 0 atom stereocenters. The summed E-state index contributed by atoms with van der Waals surface area (Å²) in [7, 11) is 1.60. The number of nitrogens with two attached hydrogens (primary N) is 1. The highest BCUT2D eigenvalue weighted by atomic mass is 16.5. The average molecular weight is 215 g/mol. The molecule has 4 heteroatoms. The van der Waals surface area contributed by atoms with E-state index in [2.05, 4.69) is 9.97 Å². The second-order valence-corrected chi connectivity index (χ2v) is 3.26. The minimum atomic E-state index is 0.508. The lowest BCUT2D eigenvalue weighted by molar-refractivity contribution is 0.399. The first-order valence-corrected chi connectivity index (χ1v) is 5.01. The summed E-state index contributed by atoms with van der Waals surface area (Å²) in [6.07, 6.45) is 5.58. The van der Waals surface area contributed by atoms with Crippen molar-refractivity contribution in [2.45, 2.75) is 0 Å². The molecule has 2 heterocycles. The fourth-order valence-electron chi connectivity index (χ4n) is 1.47. The number of fused-ring (bicyclic) bond motifs is 1. The summed E-state index contributed by atoms with van der Waals surface area (Å²) < 4.78 is 5.09. The first-order chi connectivity index (χ1) is 7.85. The zero-order chi connectivity index (χ0) is 11.4. The molecule has 16 heavy (non-hydrogen) atoms. The Morgan fingerprint density at radius 3 is 3.00 bits per heavy atom. The summed E-state index contributed by atoms with van der Waals surface area (Å²) in [5, 5.41) is 0. The van der Waals surface area contributed by atoms with Crippen LogP contribution in [0.2, 0.25) is 0 Å². The number of aromatic nitrogens is 2. The lowest BCUT2D eigenvalue weighted by Gasteiger charge is -2.03. The van der Waals surface area contributed by atoms with Gasteiger partial charge in [-0.3, -0.25) is 4.98 Å². The minimum Gasteiger partial charge on any atom is -0.481 e. The summed E-state index contributed by atoms with van der Waals surface area (Å²) in [5.41, 5.74) is 8.10. The molecule has 0 amide bonds. The van der Waals surface area contributed by atoms with Crippen LogP contribution in [0.25, 0.3) is 17.1 Å². The van der Waals surface area contributed by atoms with Crippen LogP contribution in [0.4, 0.5) is 0 Å². The SMILES string of the molecule is COc1ccc2nccc(/C=C/CN)c2n1. The van der Waals surface area contributed by atoms with E-state index in [1.165, 1.54) is 0 Å². The van der Waals surface area contributed by atoms with Crippen LogP contribution in [0.1, 0.15) is 5.56 Å². The van der Waals surface area contributed by atoms with Crippen molar-refractivity contribution in [1.82, 2.24) is 9.97 Å². The van der Waals surface area contributed by atoms with Crippen molar-refractivity contribution in [2.24, 2.45) is 5.73 Å². The van der Waals surface area contributed by atoms with Gasteiger partial charge in [-0.15, -0.1) is 0 Å². The molecule has 0 unspecified atom stereocenters. The maximum absolute atomic E-state index is 5.43. The first kappa shape index (κ1) is 10.6. The van der Waals surface area contributed by atoms with Crippen LogP contribution in [0, 0.1) is 0 Å². The van der Waals surface area contributed by atoms with Crippen LogP contribution in [0.3, 0.4) is 0 Å². The predicted octanol–water partition coefficient (Wildman–Crippen LogP) is 1.61. The average Bonchev–Trinajstić information content (AvgIpc) is 2.35. The predicted molar refractivity (Wildman–Crippen MR) is 64.2 cm³/mol. The molecule has 0 radical (unpaired) electrons. The van der Waals surface area contributed by atoms with E-state index in [9.17, 15) is 0 Å². The topological polar surface area (TPSA) is 61.0 Å². The molecule has 4 nitrogen and oxygen atoms in total. The highest BCUT2D eigenvalue weighted by Gasteiger charge is 2.02. The second-order valence-electron chi connectivity index (χ2n) is 3.26. The summed E-state index contributed by atoms with van der Waals surface area (Å²) in [6, 6.07) is 5.59. The van der Waals surface area contributed by atoms with Crippen LogP contribution < -0.4 is 10.5 Å². The number of rotatable bonds is 3. The molecule has 2 N–H and O–H groups in total. The normalized spacial score (nSPS) is 11.1. The van der Waals surface area contributed by atoms with Crippen LogP contribution in [-0.4, -0.2) is 23.6 Å². The molecule has 0 saturated carbocycles. The molecule has 0 fully saturated rings. The molecular weight excluding hydrogens is 202 g/mol. The van der Waals surface area contributed by atoms with Crippen LogP contribution in [-0.2, 0) is 0 Å². The number of pyridine rings is 2. The van der Waals surface area contributed by atoms with Gasteiger partial charge in [-0.1, -0.05) is 12.2 Å². The minimum absolute atomic E-state index is 0.508. The second kappa shape index (κ2) is 4.72. The lowest BCUT2D eigenvalue weighted by Crippen LogP contribution is -1.93. The van der Waals surface area contributed by atoms with Crippen molar-refractivity contribution in [3.8, 4) is 5.88 Å². The number of nitrogens with zero attached hydrogens (tertiary/aromatic N) is 2. The highest BCUT2D eigenvalue weighted by molar-refractivity contribution is 5.84. The Kier molecular flexibility index (Phi) is 3.12. The lowest BCUT2D eigenvalue weighted by atomic mass is 10.2. The fraction of sp³-hybridized carbons (Fsp3) is 0.167. The van der Waals surface area contributed by atoms with Crippen molar-refractivity contribution >= 4 is 17.1 Å². The van der Waals surface area contributed by atoms with Crippen molar-refractivity contribution in [3.05, 3.63) is 36.0 Å². The van der Waals surface area contributed by atoms with Gasteiger partial charge in [0.25, 0.3) is 0 Å². The van der Waals surface area contributed by atoms with Crippen molar-refractivity contribution in [3.63, 3.8) is 0 Å². The van der Waals surface area contributed by atoms with Gasteiger partial charge in [0.1, 0.15) is 0 Å². The Hall–Kier alpha value is -1.94. The van der Waals surface area contributed by atoms with Gasteiger partial charge >= 0.3 is 0 Å². The van der Waals surface area contributed by atoms with Crippen LogP contribution >= 0.6 is 0 Å².